The van der Waals surface area contributed by atoms with Crippen LogP contribution in [0.1, 0.15) is 23.4 Å². The van der Waals surface area contributed by atoms with Crippen LogP contribution >= 0.6 is 0 Å². The lowest BCUT2D eigenvalue weighted by Gasteiger charge is -2.17. The average molecular weight is 309 g/mol. The lowest BCUT2D eigenvalue weighted by atomic mass is 10.1. The Bertz CT molecular complexity index is 571. The number of amides is 1. The molecule has 0 spiro atoms. The predicted molar refractivity (Wildman–Crippen MR) is 78.5 cm³/mol. The molecule has 7 nitrogen and oxygen atoms in total. The monoisotopic (exact) mass is 309 g/mol. The summed E-state index contributed by atoms with van der Waals surface area (Å²) in [6, 6.07) is -0.183. The smallest absolute Gasteiger partial charge is 0.222 e. The van der Waals surface area contributed by atoms with Gasteiger partial charge < -0.3 is 19.9 Å². The number of aliphatic hydroxyl groups is 1. The fourth-order valence-corrected chi connectivity index (χ4v) is 3.09. The lowest BCUT2D eigenvalue weighted by Crippen LogP contribution is -2.44. The largest absolute Gasteiger partial charge is 0.388 e. The van der Waals surface area contributed by atoms with Gasteiger partial charge in [0, 0.05) is 18.7 Å². The molecule has 2 N–H and O–H groups in total. The summed E-state index contributed by atoms with van der Waals surface area (Å²) in [7, 11) is 0. The molecule has 0 aromatic carbocycles. The summed E-state index contributed by atoms with van der Waals surface area (Å²) in [5, 5.41) is 17.1. The molecule has 0 unspecified atom stereocenters. The summed E-state index contributed by atoms with van der Waals surface area (Å²) in [5.41, 5.74) is 3.26. The molecule has 1 amide bonds. The highest BCUT2D eigenvalue weighted by atomic mass is 16.6. The number of hydrogen-bond donors (Lipinski definition) is 2. The van der Waals surface area contributed by atoms with E-state index in [0.717, 1.165) is 11.4 Å². The third-order valence-corrected chi connectivity index (χ3v) is 4.67. The van der Waals surface area contributed by atoms with Crippen molar-refractivity contribution in [2.24, 2.45) is 0 Å². The molecule has 4 atom stereocenters. The van der Waals surface area contributed by atoms with Crippen molar-refractivity contribution in [1.29, 1.82) is 0 Å². The minimum atomic E-state index is -0.593. The van der Waals surface area contributed by atoms with Gasteiger partial charge in [0.2, 0.25) is 5.91 Å². The molecule has 2 aliphatic heterocycles. The summed E-state index contributed by atoms with van der Waals surface area (Å²) in [5.74, 6) is -0.0514. The van der Waals surface area contributed by atoms with Crippen LogP contribution in [0, 0.1) is 20.8 Å². The Morgan fingerprint density at radius 2 is 2.05 bits per heavy atom. The number of carbonyl (C=O) groups excluding carboxylic acids is 1. The topological polar surface area (TPSA) is 85.6 Å². The highest BCUT2D eigenvalue weighted by molar-refractivity contribution is 5.76. The zero-order valence-corrected chi connectivity index (χ0v) is 13.2. The Balaban J connectivity index is 1.52. The highest BCUT2D eigenvalue weighted by Gasteiger charge is 2.47. The minimum Gasteiger partial charge on any atom is -0.388 e. The van der Waals surface area contributed by atoms with Crippen molar-refractivity contribution in [3.8, 4) is 0 Å². The summed E-state index contributed by atoms with van der Waals surface area (Å²) < 4.78 is 12.9. The summed E-state index contributed by atoms with van der Waals surface area (Å²) in [6.07, 6.45) is -0.791. The molecule has 2 fully saturated rings. The first-order chi connectivity index (χ1) is 10.5. The maximum atomic E-state index is 12.1. The number of nitrogens with one attached hydrogen (secondary N) is 1. The summed E-state index contributed by atoms with van der Waals surface area (Å²) in [6.45, 7) is 7.22. The van der Waals surface area contributed by atoms with Crippen LogP contribution in [0.5, 0.6) is 0 Å². The molecule has 0 radical (unpaired) electrons. The van der Waals surface area contributed by atoms with Gasteiger partial charge in [-0.2, -0.15) is 5.10 Å². The van der Waals surface area contributed by atoms with Crippen molar-refractivity contribution in [3.05, 3.63) is 17.0 Å². The van der Waals surface area contributed by atoms with E-state index in [2.05, 4.69) is 10.4 Å². The van der Waals surface area contributed by atoms with Crippen LogP contribution in [0.25, 0.3) is 0 Å². The van der Waals surface area contributed by atoms with E-state index >= 15 is 0 Å². The van der Waals surface area contributed by atoms with Crippen LogP contribution in [-0.2, 0) is 20.8 Å². The zero-order valence-electron chi connectivity index (χ0n) is 13.2. The van der Waals surface area contributed by atoms with Crippen molar-refractivity contribution in [1.82, 2.24) is 15.1 Å². The van der Waals surface area contributed by atoms with Crippen LogP contribution in [0.3, 0.4) is 0 Å². The van der Waals surface area contributed by atoms with Gasteiger partial charge in [0.05, 0.1) is 24.9 Å². The molecule has 22 heavy (non-hydrogen) atoms. The van der Waals surface area contributed by atoms with Crippen molar-refractivity contribution >= 4 is 5.91 Å². The lowest BCUT2D eigenvalue weighted by molar-refractivity contribution is -0.122. The van der Waals surface area contributed by atoms with E-state index in [1.54, 1.807) is 0 Å². The van der Waals surface area contributed by atoms with E-state index in [1.807, 2.05) is 25.5 Å². The molecule has 0 aliphatic carbocycles. The van der Waals surface area contributed by atoms with Gasteiger partial charge in [-0.15, -0.1) is 0 Å². The highest BCUT2D eigenvalue weighted by Crippen LogP contribution is 2.26. The van der Waals surface area contributed by atoms with Gasteiger partial charge in [-0.3, -0.25) is 9.48 Å². The third kappa shape index (κ3) is 2.76. The standard InChI is InChI=1S/C15H23N3O4/c1-8-9(2)17-18(10(8)3)5-4-13(20)16-11-6-21-15-12(19)7-22-14(11)15/h11-12,14-15,19H,4-7H2,1-3H3,(H,16,20)/t11-,12+,14+,15+/m0/s1. The molecular formula is C15H23N3O4. The van der Waals surface area contributed by atoms with Crippen molar-refractivity contribution in [2.45, 2.75) is 58.1 Å². The van der Waals surface area contributed by atoms with Gasteiger partial charge >= 0.3 is 0 Å². The Kier molecular flexibility index (Phi) is 4.20. The first-order valence-corrected chi connectivity index (χ1v) is 7.68. The van der Waals surface area contributed by atoms with E-state index in [9.17, 15) is 9.90 Å². The zero-order chi connectivity index (χ0) is 15.9. The van der Waals surface area contributed by atoms with Gasteiger partial charge in [-0.25, -0.2) is 0 Å². The fraction of sp³-hybridized carbons (Fsp3) is 0.733. The Morgan fingerprint density at radius 1 is 1.32 bits per heavy atom. The minimum absolute atomic E-state index is 0.0514. The number of aliphatic hydroxyl groups excluding tert-OH is 1. The molecule has 1 aromatic rings. The first kappa shape index (κ1) is 15.5. The number of aromatic nitrogens is 2. The number of fused-ring (bicyclic) bond motifs is 1. The summed E-state index contributed by atoms with van der Waals surface area (Å²) in [4.78, 5) is 12.1. The van der Waals surface area contributed by atoms with E-state index in [1.165, 1.54) is 5.56 Å². The van der Waals surface area contributed by atoms with Crippen LogP contribution < -0.4 is 5.32 Å². The van der Waals surface area contributed by atoms with Crippen LogP contribution in [0.15, 0.2) is 0 Å². The van der Waals surface area contributed by atoms with E-state index in [0.29, 0.717) is 19.6 Å². The average Bonchev–Trinajstić information content (AvgIpc) is 3.12. The number of rotatable bonds is 4. The number of nitrogens with zero attached hydrogens (tertiary/aromatic N) is 2. The second kappa shape index (κ2) is 5.98. The Morgan fingerprint density at radius 3 is 2.73 bits per heavy atom. The SMILES string of the molecule is Cc1nn(CCC(=O)N[C@H]2CO[C@H]3[C@@H]2OC[C@H]3O)c(C)c1C. The third-order valence-electron chi connectivity index (χ3n) is 4.67. The number of carbonyl (C=O) groups is 1. The van der Waals surface area contributed by atoms with Crippen LogP contribution in [0.4, 0.5) is 0 Å². The molecule has 1 aromatic heterocycles. The van der Waals surface area contributed by atoms with E-state index in [4.69, 9.17) is 9.47 Å². The van der Waals surface area contributed by atoms with Gasteiger partial charge in [-0.05, 0) is 26.3 Å². The summed E-state index contributed by atoms with van der Waals surface area (Å²) >= 11 is 0. The van der Waals surface area contributed by atoms with E-state index in [-0.39, 0.29) is 30.8 Å². The molecule has 0 saturated carbocycles. The Labute approximate surface area is 129 Å². The molecule has 3 heterocycles. The van der Waals surface area contributed by atoms with E-state index < -0.39 is 6.10 Å². The Hall–Kier alpha value is -1.44. The first-order valence-electron chi connectivity index (χ1n) is 7.68. The van der Waals surface area contributed by atoms with Crippen molar-refractivity contribution < 1.29 is 19.4 Å². The molecule has 0 bridgehead atoms. The van der Waals surface area contributed by atoms with Crippen molar-refractivity contribution in [2.75, 3.05) is 13.2 Å². The van der Waals surface area contributed by atoms with Gasteiger partial charge in [0.15, 0.2) is 0 Å². The quantitative estimate of drug-likeness (QED) is 0.807. The number of ether oxygens (including phenoxy) is 2. The normalized spacial score (nSPS) is 30.5. The van der Waals surface area contributed by atoms with Gasteiger partial charge in [0.1, 0.15) is 18.3 Å². The number of aryl methyl sites for hydroxylation is 2. The molecule has 2 saturated heterocycles. The second-order valence-corrected chi connectivity index (χ2v) is 6.11. The van der Waals surface area contributed by atoms with Crippen molar-refractivity contribution in [3.63, 3.8) is 0 Å². The molecule has 2 aliphatic rings. The van der Waals surface area contributed by atoms with Crippen LogP contribution in [0.2, 0.25) is 0 Å². The van der Waals surface area contributed by atoms with Gasteiger partial charge in [-0.1, -0.05) is 0 Å². The maximum absolute atomic E-state index is 12.1. The molecule has 122 valence electrons. The fourth-order valence-electron chi connectivity index (χ4n) is 3.09. The second-order valence-electron chi connectivity index (χ2n) is 6.11. The van der Waals surface area contributed by atoms with Gasteiger partial charge in [0.25, 0.3) is 0 Å². The van der Waals surface area contributed by atoms with Crippen LogP contribution in [-0.4, -0.2) is 58.4 Å². The number of hydrogen-bond acceptors (Lipinski definition) is 5. The molecule has 7 heteroatoms. The molecular weight excluding hydrogens is 286 g/mol. The molecule has 3 rings (SSSR count). The predicted octanol–water partition coefficient (Wildman–Crippen LogP) is -0.158. The maximum Gasteiger partial charge on any atom is 0.222 e.